The highest BCUT2D eigenvalue weighted by molar-refractivity contribution is 7.26. The van der Waals surface area contributed by atoms with E-state index in [1.807, 2.05) is 17.4 Å². The first-order valence-corrected chi connectivity index (χ1v) is 18.7. The number of benzene rings is 7. The topological polar surface area (TPSA) is 21.3 Å². The van der Waals surface area contributed by atoms with Crippen molar-refractivity contribution in [2.24, 2.45) is 0 Å². The highest BCUT2D eigenvalue weighted by atomic mass is 32.1. The van der Waals surface area contributed by atoms with Gasteiger partial charge in [-0.15, -0.1) is 11.3 Å². The SMILES string of the molecule is C1=Cc2c(c3ccccc3n2-c2cc(N(c3cccc(-c4ccccc4)c3)c3ccc4c(c3)oc3ccccc34)c3sc4ccccc4c3c2)CC1. The van der Waals surface area contributed by atoms with Crippen molar-refractivity contribution in [2.75, 3.05) is 4.90 Å². The molecule has 0 atom stereocenters. The molecule has 11 rings (SSSR count). The van der Waals surface area contributed by atoms with E-state index in [9.17, 15) is 0 Å². The van der Waals surface area contributed by atoms with E-state index in [0.29, 0.717) is 0 Å². The summed E-state index contributed by atoms with van der Waals surface area (Å²) in [6, 6.07) is 57.1. The Bertz CT molecular complexity index is 3030. The van der Waals surface area contributed by atoms with Crippen LogP contribution in [0, 0.1) is 0 Å². The van der Waals surface area contributed by atoms with E-state index in [1.165, 1.54) is 53.5 Å². The van der Waals surface area contributed by atoms with Crippen LogP contribution >= 0.6 is 11.3 Å². The van der Waals surface area contributed by atoms with Crippen LogP contribution < -0.4 is 4.90 Å². The predicted octanol–water partition coefficient (Wildman–Crippen LogP) is 14.0. The molecule has 0 unspecified atom stereocenters. The summed E-state index contributed by atoms with van der Waals surface area (Å²) >= 11 is 1.86. The second-order valence-corrected chi connectivity index (χ2v) is 14.7. The quantitative estimate of drug-likeness (QED) is 0.180. The molecule has 0 saturated carbocycles. The van der Waals surface area contributed by atoms with Crippen LogP contribution in [0.15, 0.2) is 168 Å². The van der Waals surface area contributed by atoms with Crippen LogP contribution in [-0.2, 0) is 6.42 Å². The van der Waals surface area contributed by atoms with Crippen LogP contribution in [0.4, 0.5) is 17.1 Å². The normalized spacial score (nSPS) is 12.8. The number of para-hydroxylation sites is 2. The van der Waals surface area contributed by atoms with Crippen LogP contribution in [0.1, 0.15) is 17.7 Å². The molecule has 0 bridgehead atoms. The first kappa shape index (κ1) is 29.4. The fourth-order valence-electron chi connectivity index (χ4n) is 8.29. The molecule has 3 nitrogen and oxygen atoms in total. The van der Waals surface area contributed by atoms with Gasteiger partial charge in [0.2, 0.25) is 0 Å². The molecule has 52 heavy (non-hydrogen) atoms. The first-order chi connectivity index (χ1) is 25.8. The molecule has 4 heteroatoms. The number of nitrogens with zero attached hydrogens (tertiary/aromatic N) is 2. The Morgan fingerprint density at radius 3 is 2.23 bits per heavy atom. The molecule has 246 valence electrons. The maximum absolute atomic E-state index is 6.50. The highest BCUT2D eigenvalue weighted by Gasteiger charge is 2.24. The molecule has 0 saturated heterocycles. The minimum Gasteiger partial charge on any atom is -0.456 e. The average molecular weight is 685 g/mol. The van der Waals surface area contributed by atoms with Crippen molar-refractivity contribution in [1.82, 2.24) is 4.57 Å². The Labute approximate surface area is 304 Å². The van der Waals surface area contributed by atoms with Gasteiger partial charge < -0.3 is 13.9 Å². The molecule has 0 fully saturated rings. The van der Waals surface area contributed by atoms with Crippen LogP contribution in [-0.4, -0.2) is 4.57 Å². The predicted molar refractivity (Wildman–Crippen MR) is 221 cm³/mol. The lowest BCUT2D eigenvalue weighted by molar-refractivity contribution is 0.669. The van der Waals surface area contributed by atoms with E-state index < -0.39 is 0 Å². The third-order valence-corrected chi connectivity index (χ3v) is 11.8. The van der Waals surface area contributed by atoms with Gasteiger partial charge in [0.1, 0.15) is 11.2 Å². The van der Waals surface area contributed by atoms with Gasteiger partial charge in [0.05, 0.1) is 15.9 Å². The van der Waals surface area contributed by atoms with E-state index in [0.717, 1.165) is 57.5 Å². The standard InChI is InChI=1S/C48H32N2OS/c1-2-13-31(14-3-1)32-15-12-16-33(27-32)49(34-25-26-39-38-19-6-10-23-45(38)51-46(39)30-34)44-29-35(28-41-40-20-7-11-24-47(40)52-48(41)44)50-42-21-8-4-17-36(42)37-18-5-9-22-43(37)50/h1-4,6-17,19-30H,5,18H2. The molecule has 0 N–H and O–H groups in total. The average Bonchev–Trinajstić information content (AvgIpc) is 3.88. The molecule has 0 aliphatic heterocycles. The van der Waals surface area contributed by atoms with Crippen LogP contribution in [0.2, 0.25) is 0 Å². The fourth-order valence-corrected chi connectivity index (χ4v) is 9.48. The number of anilines is 3. The van der Waals surface area contributed by atoms with Gasteiger partial charge in [-0.25, -0.2) is 0 Å². The number of aryl methyl sites for hydroxylation is 1. The summed E-state index contributed by atoms with van der Waals surface area (Å²) in [5.41, 5.74) is 12.5. The Morgan fingerprint density at radius 1 is 0.558 bits per heavy atom. The van der Waals surface area contributed by atoms with Gasteiger partial charge in [0.25, 0.3) is 0 Å². The zero-order valence-electron chi connectivity index (χ0n) is 28.3. The summed E-state index contributed by atoms with van der Waals surface area (Å²) in [5, 5.41) is 6.12. The van der Waals surface area contributed by atoms with Crippen LogP contribution in [0.3, 0.4) is 0 Å². The largest absolute Gasteiger partial charge is 0.456 e. The summed E-state index contributed by atoms with van der Waals surface area (Å²) in [6.07, 6.45) is 6.76. The lowest BCUT2D eigenvalue weighted by Crippen LogP contribution is -2.11. The molecular formula is C48H32N2OS. The Morgan fingerprint density at radius 2 is 1.31 bits per heavy atom. The second kappa shape index (κ2) is 11.6. The van der Waals surface area contributed by atoms with E-state index in [4.69, 9.17) is 4.42 Å². The number of furan rings is 1. The molecule has 0 spiro atoms. The number of hydrogen-bond donors (Lipinski definition) is 0. The summed E-state index contributed by atoms with van der Waals surface area (Å²) in [7, 11) is 0. The number of thiophene rings is 1. The van der Waals surface area contributed by atoms with E-state index >= 15 is 0 Å². The van der Waals surface area contributed by atoms with Gasteiger partial charge in [-0.05, 0) is 90.2 Å². The molecule has 3 aromatic heterocycles. The lowest BCUT2D eigenvalue weighted by atomic mass is 10.0. The van der Waals surface area contributed by atoms with Crippen LogP contribution in [0.25, 0.3) is 75.9 Å². The molecular weight excluding hydrogens is 653 g/mol. The van der Waals surface area contributed by atoms with Crippen LogP contribution in [0.5, 0.6) is 0 Å². The Hall–Kier alpha value is -6.36. The summed E-state index contributed by atoms with van der Waals surface area (Å²) in [5.74, 6) is 0. The van der Waals surface area contributed by atoms with Gasteiger partial charge in [-0.3, -0.25) is 0 Å². The Kier molecular flexibility index (Phi) is 6.55. The second-order valence-electron chi connectivity index (χ2n) is 13.6. The molecule has 3 heterocycles. The molecule has 0 amide bonds. The number of aromatic nitrogens is 1. The summed E-state index contributed by atoms with van der Waals surface area (Å²) < 4.78 is 11.5. The third kappa shape index (κ3) is 4.51. The van der Waals surface area contributed by atoms with Gasteiger partial charge in [0, 0.05) is 60.5 Å². The maximum Gasteiger partial charge on any atom is 0.137 e. The minimum absolute atomic E-state index is 0.877. The highest BCUT2D eigenvalue weighted by Crippen LogP contribution is 2.48. The van der Waals surface area contributed by atoms with Gasteiger partial charge in [-0.1, -0.05) is 103 Å². The van der Waals surface area contributed by atoms with Gasteiger partial charge in [0.15, 0.2) is 0 Å². The summed E-state index contributed by atoms with van der Waals surface area (Å²) in [6.45, 7) is 0. The molecule has 10 aromatic rings. The van der Waals surface area contributed by atoms with E-state index in [1.54, 1.807) is 0 Å². The van der Waals surface area contributed by atoms with Gasteiger partial charge >= 0.3 is 0 Å². The zero-order valence-corrected chi connectivity index (χ0v) is 29.1. The van der Waals surface area contributed by atoms with Crippen molar-refractivity contribution in [3.63, 3.8) is 0 Å². The molecule has 1 aliphatic rings. The smallest absolute Gasteiger partial charge is 0.137 e. The first-order valence-electron chi connectivity index (χ1n) is 17.9. The zero-order chi connectivity index (χ0) is 34.2. The fraction of sp³-hybridized carbons (Fsp3) is 0.0417. The number of hydrogen-bond acceptors (Lipinski definition) is 3. The number of rotatable bonds is 5. The third-order valence-electron chi connectivity index (χ3n) is 10.6. The number of fused-ring (bicyclic) bond motifs is 9. The lowest BCUT2D eigenvalue weighted by Gasteiger charge is -2.27. The maximum atomic E-state index is 6.50. The van der Waals surface area contributed by atoms with Crippen molar-refractivity contribution in [1.29, 1.82) is 0 Å². The molecule has 0 radical (unpaired) electrons. The van der Waals surface area contributed by atoms with Crippen molar-refractivity contribution >= 4 is 87.5 Å². The van der Waals surface area contributed by atoms with Crippen molar-refractivity contribution in [3.05, 3.63) is 175 Å². The Balaban J connectivity index is 1.24. The van der Waals surface area contributed by atoms with Crippen molar-refractivity contribution in [3.8, 4) is 16.8 Å². The molecule has 7 aromatic carbocycles. The van der Waals surface area contributed by atoms with Crippen molar-refractivity contribution < 1.29 is 4.42 Å². The minimum atomic E-state index is 0.877. The monoisotopic (exact) mass is 684 g/mol. The van der Waals surface area contributed by atoms with Gasteiger partial charge in [-0.2, -0.15) is 0 Å². The van der Waals surface area contributed by atoms with Crippen molar-refractivity contribution in [2.45, 2.75) is 12.8 Å². The van der Waals surface area contributed by atoms with E-state index in [2.05, 4.69) is 173 Å². The molecule has 1 aliphatic carbocycles. The van der Waals surface area contributed by atoms with E-state index in [-0.39, 0.29) is 0 Å². The number of allylic oxidation sites excluding steroid dienone is 1. The summed E-state index contributed by atoms with van der Waals surface area (Å²) in [4.78, 5) is 2.44.